The monoisotopic (exact) mass is 951 g/mol. The fraction of sp³-hybridized carbons (Fsp3) is 0.441. The maximum absolute atomic E-state index is 14.4. The Morgan fingerprint density at radius 3 is 1.70 bits per heavy atom. The lowest BCUT2D eigenvalue weighted by atomic mass is 9.82. The molecule has 0 unspecified atom stereocenters. The summed E-state index contributed by atoms with van der Waals surface area (Å²) in [6.45, 7) is 2.75. The predicted octanol–water partition coefficient (Wildman–Crippen LogP) is 10.9. The summed E-state index contributed by atoms with van der Waals surface area (Å²) in [5, 5.41) is 0. The van der Waals surface area contributed by atoms with Gasteiger partial charge in [-0.25, -0.2) is 0 Å². The maximum atomic E-state index is 14.4. The van der Waals surface area contributed by atoms with Crippen LogP contribution < -0.4 is 4.74 Å². The Bertz CT molecular complexity index is 2330. The molecule has 0 N–H and O–H groups in total. The van der Waals surface area contributed by atoms with Gasteiger partial charge in [-0.05, 0) is 65.8 Å². The molecule has 2 amide bonds. The van der Waals surface area contributed by atoms with Gasteiger partial charge in [-0.3, -0.25) is 19.3 Å². The van der Waals surface area contributed by atoms with Gasteiger partial charge in [0, 0.05) is 18.9 Å². The molecule has 0 saturated carbocycles. The van der Waals surface area contributed by atoms with Crippen molar-refractivity contribution in [1.29, 1.82) is 0 Å². The van der Waals surface area contributed by atoms with E-state index in [1.165, 1.54) is 17.7 Å². The molecule has 11 nitrogen and oxygen atoms in total. The number of hydrogen-bond acceptors (Lipinski definition) is 10. The van der Waals surface area contributed by atoms with Crippen molar-refractivity contribution in [2.45, 2.75) is 134 Å². The number of methoxy groups -OCH3 is 1. The lowest BCUT2D eigenvalue weighted by molar-refractivity contribution is -0.192. The lowest BCUT2D eigenvalue weighted by Gasteiger charge is -2.47. The van der Waals surface area contributed by atoms with Crippen molar-refractivity contribution in [1.82, 2.24) is 4.90 Å². The minimum atomic E-state index is -0.814. The summed E-state index contributed by atoms with van der Waals surface area (Å²) >= 11 is 0. The number of ether oxygens (including phenoxy) is 7. The van der Waals surface area contributed by atoms with Crippen molar-refractivity contribution in [3.63, 3.8) is 0 Å². The Hall–Kier alpha value is -5.53. The molecular formula is C59H69NO10. The first-order valence-electron chi connectivity index (χ1n) is 25.3. The highest BCUT2D eigenvalue weighted by atomic mass is 16.6. The molecule has 3 heterocycles. The van der Waals surface area contributed by atoms with Gasteiger partial charge in [0.15, 0.2) is 5.78 Å². The van der Waals surface area contributed by atoms with Crippen LogP contribution in [0.15, 0.2) is 140 Å². The van der Waals surface area contributed by atoms with Crippen LogP contribution in [0.2, 0.25) is 0 Å². The molecule has 5 aromatic carbocycles. The number of unbranched alkanes of at least 4 members (excludes halogenated alkanes) is 7. The van der Waals surface area contributed by atoms with Crippen LogP contribution in [0.3, 0.4) is 0 Å². The zero-order chi connectivity index (χ0) is 48.3. The molecule has 2 fully saturated rings. The summed E-state index contributed by atoms with van der Waals surface area (Å²) < 4.78 is 44.2. The van der Waals surface area contributed by atoms with Gasteiger partial charge in [0.2, 0.25) is 0 Å². The zero-order valence-electron chi connectivity index (χ0n) is 40.6. The van der Waals surface area contributed by atoms with E-state index in [0.717, 1.165) is 73.1 Å². The molecule has 0 bridgehead atoms. The van der Waals surface area contributed by atoms with Crippen LogP contribution in [0.25, 0.3) is 0 Å². The molecule has 7 atom stereocenters. The molecule has 0 radical (unpaired) electrons. The molecule has 3 aliphatic heterocycles. The first-order chi connectivity index (χ1) is 34.4. The van der Waals surface area contributed by atoms with E-state index in [1.807, 2.05) is 115 Å². The molecule has 2 saturated heterocycles. The molecule has 3 aliphatic rings. The van der Waals surface area contributed by atoms with Gasteiger partial charge >= 0.3 is 0 Å². The molecule has 8 rings (SSSR count). The van der Waals surface area contributed by atoms with Crippen LogP contribution in [-0.2, 0) is 59.6 Å². The minimum Gasteiger partial charge on any atom is -0.497 e. The van der Waals surface area contributed by atoms with Crippen LogP contribution >= 0.6 is 0 Å². The van der Waals surface area contributed by atoms with Gasteiger partial charge in [-0.2, -0.15) is 0 Å². The standard InChI is InChI=1S/C59H69NO10/c1-64-48-32-30-46(31-33-48)37-65-34-20-7-5-3-2-4-6-17-29-53-55(60-58(62)50-27-18-19-28-51(50)59(60)63)56(68-39-44-23-13-9-14-24-44)47(41-67-53)35-49-36-52(61)57(69-40-45-25-15-10-16-26-45)54(70-49)42-66-38-43-21-11-8-12-22-43/h8-16,18-19,21-28,30-33,47,49,53-57H,2-7,17,20,29,34-42H2,1H3/t47-,49+,53+,54-,55+,56+,57-/m1/s1. The topological polar surface area (TPSA) is 119 Å². The number of carbonyl (C=O) groups is 3. The first kappa shape index (κ1) is 50.8. The van der Waals surface area contributed by atoms with Gasteiger partial charge in [0.25, 0.3) is 11.8 Å². The number of rotatable bonds is 27. The second-order valence-electron chi connectivity index (χ2n) is 18.8. The van der Waals surface area contributed by atoms with Crippen molar-refractivity contribution < 1.29 is 47.5 Å². The number of ketones is 1. The SMILES string of the molecule is COc1ccc(COCCCCCCCCCC[C@@H]2OC[C@@H](C[C@H]3CC(=O)[C@@H](OCc4ccccc4)[C@@H](COCc4ccccc4)O3)[C@H](OCc3ccccc3)[C@H]2N2C(=O)c3ccccc3C2=O)cc1. The third-order valence-corrected chi connectivity index (χ3v) is 13.8. The number of benzene rings is 5. The number of imide groups is 1. The van der Waals surface area contributed by atoms with Crippen molar-refractivity contribution in [3.8, 4) is 5.75 Å². The third kappa shape index (κ3) is 14.1. The maximum Gasteiger partial charge on any atom is 0.261 e. The second-order valence-corrected chi connectivity index (χ2v) is 18.8. The fourth-order valence-corrected chi connectivity index (χ4v) is 10.0. The Balaban J connectivity index is 0.918. The molecule has 370 valence electrons. The van der Waals surface area contributed by atoms with Crippen LogP contribution in [0.5, 0.6) is 5.75 Å². The largest absolute Gasteiger partial charge is 0.497 e. The lowest BCUT2D eigenvalue weighted by Crippen LogP contribution is -2.61. The molecule has 5 aromatic rings. The van der Waals surface area contributed by atoms with Crippen molar-refractivity contribution in [3.05, 3.63) is 173 Å². The highest BCUT2D eigenvalue weighted by Gasteiger charge is 2.52. The van der Waals surface area contributed by atoms with Gasteiger partial charge in [-0.1, -0.05) is 160 Å². The zero-order valence-corrected chi connectivity index (χ0v) is 40.6. The number of Topliss-reactive ketones (excluding diaryl/α,β-unsaturated/α-hetero) is 1. The molecule has 0 spiro atoms. The van der Waals surface area contributed by atoms with E-state index in [9.17, 15) is 14.4 Å². The van der Waals surface area contributed by atoms with Gasteiger partial charge in [0.05, 0.1) is 82.2 Å². The highest BCUT2D eigenvalue weighted by Crippen LogP contribution is 2.39. The Morgan fingerprint density at radius 1 is 0.557 bits per heavy atom. The van der Waals surface area contributed by atoms with Crippen molar-refractivity contribution >= 4 is 17.6 Å². The Labute approximate surface area is 413 Å². The van der Waals surface area contributed by atoms with E-state index >= 15 is 0 Å². The van der Waals surface area contributed by atoms with Crippen molar-refractivity contribution in [2.24, 2.45) is 5.92 Å². The highest BCUT2D eigenvalue weighted by molar-refractivity contribution is 6.21. The van der Waals surface area contributed by atoms with E-state index in [2.05, 4.69) is 0 Å². The molecule has 11 heteroatoms. The average molecular weight is 952 g/mol. The van der Waals surface area contributed by atoms with E-state index in [1.54, 1.807) is 31.4 Å². The second kappa shape index (κ2) is 26.6. The van der Waals surface area contributed by atoms with Crippen LogP contribution in [0, 0.1) is 5.92 Å². The van der Waals surface area contributed by atoms with E-state index < -0.39 is 36.6 Å². The Morgan fingerprint density at radius 2 is 1.09 bits per heavy atom. The van der Waals surface area contributed by atoms with Gasteiger partial charge in [0.1, 0.15) is 18.0 Å². The first-order valence-corrected chi connectivity index (χ1v) is 25.3. The number of amides is 2. The van der Waals surface area contributed by atoms with Crippen LogP contribution in [0.1, 0.15) is 114 Å². The summed E-state index contributed by atoms with van der Waals surface area (Å²) in [6, 6.07) is 44.0. The van der Waals surface area contributed by atoms with E-state index in [-0.39, 0.29) is 49.8 Å². The summed E-state index contributed by atoms with van der Waals surface area (Å²) in [5.74, 6) is -0.188. The average Bonchev–Trinajstić information content (AvgIpc) is 3.64. The minimum absolute atomic E-state index is 0.0523. The van der Waals surface area contributed by atoms with Crippen molar-refractivity contribution in [2.75, 3.05) is 26.9 Å². The summed E-state index contributed by atoms with van der Waals surface area (Å²) in [6.07, 6.45) is 6.84. The molecular weight excluding hydrogens is 883 g/mol. The number of hydrogen-bond donors (Lipinski definition) is 0. The smallest absolute Gasteiger partial charge is 0.261 e. The predicted molar refractivity (Wildman–Crippen MR) is 267 cm³/mol. The van der Waals surface area contributed by atoms with E-state index in [0.29, 0.717) is 43.8 Å². The molecule has 0 aliphatic carbocycles. The summed E-state index contributed by atoms with van der Waals surface area (Å²) in [7, 11) is 1.67. The molecule has 0 aromatic heterocycles. The van der Waals surface area contributed by atoms with Gasteiger partial charge < -0.3 is 33.2 Å². The summed E-state index contributed by atoms with van der Waals surface area (Å²) in [5.41, 5.74) is 4.88. The van der Waals surface area contributed by atoms with Gasteiger partial charge in [-0.15, -0.1) is 0 Å². The number of nitrogens with zero attached hydrogens (tertiary/aromatic N) is 1. The summed E-state index contributed by atoms with van der Waals surface area (Å²) in [4.78, 5) is 44.3. The fourth-order valence-electron chi connectivity index (χ4n) is 10.0. The van der Waals surface area contributed by atoms with E-state index in [4.69, 9.17) is 33.2 Å². The molecule has 70 heavy (non-hydrogen) atoms. The number of carbonyl (C=O) groups excluding carboxylic acids is 3. The number of fused-ring (bicyclic) bond motifs is 1. The Kier molecular flexibility index (Phi) is 19.3. The van der Waals surface area contributed by atoms with Crippen LogP contribution in [0.4, 0.5) is 0 Å². The normalized spacial score (nSPS) is 22.3. The quantitative estimate of drug-likeness (QED) is 0.0372. The van der Waals surface area contributed by atoms with Crippen LogP contribution in [-0.4, -0.2) is 86.0 Å². The third-order valence-electron chi connectivity index (χ3n) is 13.8.